The number of thiophene rings is 1. The number of hydrogen-bond acceptors (Lipinski definition) is 2. The van der Waals surface area contributed by atoms with Gasteiger partial charge in [-0.05, 0) is 42.5 Å². The van der Waals surface area contributed by atoms with Crippen LogP contribution in [-0.2, 0) is 0 Å². The summed E-state index contributed by atoms with van der Waals surface area (Å²) in [6.45, 7) is 0. The van der Waals surface area contributed by atoms with Crippen LogP contribution in [0.25, 0.3) is 0 Å². The Morgan fingerprint density at radius 1 is 1.42 bits per heavy atom. The molecule has 1 heterocycles. The first kappa shape index (κ1) is 6.96. The third-order valence-corrected chi connectivity index (χ3v) is 3.90. The molecule has 0 bridgehead atoms. The molecule has 1 nitrogen and oxygen atoms in total. The molecule has 12 heavy (non-hydrogen) atoms. The molecule has 64 valence electrons. The summed E-state index contributed by atoms with van der Waals surface area (Å²) in [7, 11) is 0. The van der Waals surface area contributed by atoms with Gasteiger partial charge in [-0.3, -0.25) is 0 Å². The molecular weight excluding hydrogens is 166 g/mol. The van der Waals surface area contributed by atoms with Crippen LogP contribution >= 0.6 is 11.3 Å². The van der Waals surface area contributed by atoms with Crippen molar-refractivity contribution in [2.75, 3.05) is 5.32 Å². The summed E-state index contributed by atoms with van der Waals surface area (Å²) in [4.78, 5) is 0. The Morgan fingerprint density at radius 2 is 2.42 bits per heavy atom. The molecule has 0 aliphatic heterocycles. The molecule has 2 fully saturated rings. The molecule has 1 aromatic rings. The van der Waals surface area contributed by atoms with Gasteiger partial charge < -0.3 is 5.32 Å². The molecule has 2 aliphatic carbocycles. The van der Waals surface area contributed by atoms with E-state index in [1.54, 1.807) is 11.3 Å². The molecule has 3 rings (SSSR count). The normalized spacial score (nSPS) is 37.8. The molecule has 2 aliphatic rings. The minimum absolute atomic E-state index is 0.796. The lowest BCUT2D eigenvalue weighted by Gasteiger charge is -2.13. The fourth-order valence-corrected chi connectivity index (χ4v) is 3.04. The lowest BCUT2D eigenvalue weighted by atomic mass is 10.2. The molecule has 3 atom stereocenters. The Bertz CT molecular complexity index is 267. The lowest BCUT2D eigenvalue weighted by molar-refractivity contribution is 0.655. The second kappa shape index (κ2) is 2.49. The van der Waals surface area contributed by atoms with E-state index in [4.69, 9.17) is 0 Å². The van der Waals surface area contributed by atoms with Crippen LogP contribution in [0.2, 0.25) is 0 Å². The number of hydrogen-bond donors (Lipinski definition) is 1. The highest BCUT2D eigenvalue weighted by Crippen LogP contribution is 2.52. The summed E-state index contributed by atoms with van der Waals surface area (Å²) in [6.07, 6.45) is 4.35. The van der Waals surface area contributed by atoms with Crippen LogP contribution in [0.1, 0.15) is 19.3 Å². The second-order valence-corrected chi connectivity index (χ2v) is 4.78. The van der Waals surface area contributed by atoms with Gasteiger partial charge in [0.05, 0.1) is 0 Å². The number of nitrogens with one attached hydrogen (secondary N) is 1. The van der Waals surface area contributed by atoms with Gasteiger partial charge in [-0.25, -0.2) is 0 Å². The average molecular weight is 179 g/mol. The molecule has 1 unspecified atom stereocenters. The Kier molecular flexibility index (Phi) is 1.44. The van der Waals surface area contributed by atoms with E-state index in [1.165, 1.54) is 24.9 Å². The Hall–Kier alpha value is -0.500. The zero-order valence-corrected chi connectivity index (χ0v) is 7.81. The maximum Gasteiger partial charge on any atom is 0.0451 e. The summed E-state index contributed by atoms with van der Waals surface area (Å²) in [5.74, 6) is 2.10. The first-order valence-corrected chi connectivity index (χ1v) is 5.66. The van der Waals surface area contributed by atoms with Gasteiger partial charge in [-0.1, -0.05) is 0 Å². The molecule has 0 amide bonds. The summed E-state index contributed by atoms with van der Waals surface area (Å²) >= 11 is 1.78. The zero-order chi connectivity index (χ0) is 7.97. The maximum atomic E-state index is 3.62. The predicted octanol–water partition coefficient (Wildman–Crippen LogP) is 2.96. The molecular formula is C10H13NS. The van der Waals surface area contributed by atoms with Crippen molar-refractivity contribution in [1.29, 1.82) is 0 Å². The van der Waals surface area contributed by atoms with E-state index in [-0.39, 0.29) is 0 Å². The van der Waals surface area contributed by atoms with Gasteiger partial charge in [0.2, 0.25) is 0 Å². The zero-order valence-electron chi connectivity index (χ0n) is 6.99. The number of fused-ring (bicyclic) bond motifs is 1. The summed E-state index contributed by atoms with van der Waals surface area (Å²) in [6, 6.07) is 2.98. The van der Waals surface area contributed by atoms with E-state index in [1.807, 2.05) is 0 Å². The van der Waals surface area contributed by atoms with Crippen molar-refractivity contribution in [2.45, 2.75) is 25.3 Å². The van der Waals surface area contributed by atoms with Crippen LogP contribution in [0.15, 0.2) is 16.8 Å². The molecule has 0 saturated heterocycles. The largest absolute Gasteiger partial charge is 0.381 e. The Morgan fingerprint density at radius 3 is 3.00 bits per heavy atom. The molecule has 1 N–H and O–H groups in total. The third-order valence-electron chi connectivity index (χ3n) is 3.22. The highest BCUT2D eigenvalue weighted by molar-refractivity contribution is 7.08. The highest BCUT2D eigenvalue weighted by atomic mass is 32.1. The van der Waals surface area contributed by atoms with E-state index in [2.05, 4.69) is 22.1 Å². The lowest BCUT2D eigenvalue weighted by Crippen LogP contribution is -2.18. The van der Waals surface area contributed by atoms with Crippen LogP contribution in [0.4, 0.5) is 5.69 Å². The monoisotopic (exact) mass is 179 g/mol. The summed E-state index contributed by atoms with van der Waals surface area (Å²) in [5, 5.41) is 7.97. The smallest absolute Gasteiger partial charge is 0.0451 e. The van der Waals surface area contributed by atoms with Crippen molar-refractivity contribution in [2.24, 2.45) is 11.8 Å². The third kappa shape index (κ3) is 1.06. The van der Waals surface area contributed by atoms with Crippen molar-refractivity contribution < 1.29 is 0 Å². The Balaban J connectivity index is 1.68. The molecule has 0 radical (unpaired) electrons. The molecule has 2 heteroatoms. The van der Waals surface area contributed by atoms with Gasteiger partial charge in [-0.15, -0.1) is 0 Å². The van der Waals surface area contributed by atoms with Crippen molar-refractivity contribution in [1.82, 2.24) is 0 Å². The van der Waals surface area contributed by atoms with Gasteiger partial charge >= 0.3 is 0 Å². The van der Waals surface area contributed by atoms with Crippen molar-refractivity contribution in [3.63, 3.8) is 0 Å². The van der Waals surface area contributed by atoms with Crippen LogP contribution in [0.5, 0.6) is 0 Å². The highest BCUT2D eigenvalue weighted by Gasteiger charge is 2.47. The summed E-state index contributed by atoms with van der Waals surface area (Å²) in [5.41, 5.74) is 1.33. The van der Waals surface area contributed by atoms with Crippen LogP contribution in [0, 0.1) is 11.8 Å². The SMILES string of the molecule is c1cc(NC2CC[C@H]3C[C@@H]23)cs1. The van der Waals surface area contributed by atoms with Crippen molar-refractivity contribution >= 4 is 17.0 Å². The maximum absolute atomic E-state index is 3.62. The van der Waals surface area contributed by atoms with E-state index in [0.717, 1.165) is 17.9 Å². The van der Waals surface area contributed by atoms with Gasteiger partial charge in [0.15, 0.2) is 0 Å². The van der Waals surface area contributed by atoms with Gasteiger partial charge in [-0.2, -0.15) is 11.3 Å². The molecule has 1 aromatic heterocycles. The van der Waals surface area contributed by atoms with Gasteiger partial charge in [0.25, 0.3) is 0 Å². The Labute approximate surface area is 76.8 Å². The minimum Gasteiger partial charge on any atom is -0.381 e. The fourth-order valence-electron chi connectivity index (χ4n) is 2.44. The summed E-state index contributed by atoms with van der Waals surface area (Å²) < 4.78 is 0. The van der Waals surface area contributed by atoms with Crippen LogP contribution in [0.3, 0.4) is 0 Å². The standard InChI is InChI=1S/C10H13NS/c1-2-10(9-5-7(1)9)11-8-3-4-12-6-8/h3-4,6-7,9-11H,1-2,5H2/t7-,9+,10?/m0/s1. The first-order chi connectivity index (χ1) is 5.93. The molecule has 0 aromatic carbocycles. The first-order valence-electron chi connectivity index (χ1n) is 4.72. The topological polar surface area (TPSA) is 12.0 Å². The number of rotatable bonds is 2. The van der Waals surface area contributed by atoms with E-state index < -0.39 is 0 Å². The van der Waals surface area contributed by atoms with E-state index >= 15 is 0 Å². The van der Waals surface area contributed by atoms with Crippen LogP contribution < -0.4 is 5.32 Å². The number of anilines is 1. The average Bonchev–Trinajstić information content (AvgIpc) is 2.54. The molecule has 2 saturated carbocycles. The molecule has 0 spiro atoms. The van der Waals surface area contributed by atoms with Crippen molar-refractivity contribution in [3.8, 4) is 0 Å². The predicted molar refractivity (Wildman–Crippen MR) is 52.6 cm³/mol. The second-order valence-electron chi connectivity index (χ2n) is 4.00. The van der Waals surface area contributed by atoms with Gasteiger partial charge in [0, 0.05) is 17.1 Å². The van der Waals surface area contributed by atoms with E-state index in [9.17, 15) is 0 Å². The van der Waals surface area contributed by atoms with Crippen molar-refractivity contribution in [3.05, 3.63) is 16.8 Å². The van der Waals surface area contributed by atoms with E-state index in [0.29, 0.717) is 0 Å². The van der Waals surface area contributed by atoms with Gasteiger partial charge in [0.1, 0.15) is 0 Å². The minimum atomic E-state index is 0.796. The van der Waals surface area contributed by atoms with Crippen LogP contribution in [-0.4, -0.2) is 6.04 Å². The quantitative estimate of drug-likeness (QED) is 0.736. The fraction of sp³-hybridized carbons (Fsp3) is 0.600.